The third kappa shape index (κ3) is 2.50. The van der Waals surface area contributed by atoms with Crippen molar-refractivity contribution in [3.05, 3.63) is 27.7 Å². The van der Waals surface area contributed by atoms with Crippen molar-refractivity contribution >= 4 is 15.9 Å². The topological polar surface area (TPSA) is 21.3 Å². The van der Waals surface area contributed by atoms with Crippen molar-refractivity contribution < 1.29 is 4.74 Å². The molecule has 0 bridgehead atoms. The number of halogens is 1. The number of benzene rings is 1. The van der Waals surface area contributed by atoms with Crippen molar-refractivity contribution in [2.75, 3.05) is 6.54 Å². The molecule has 94 valence electrons. The fourth-order valence-corrected chi connectivity index (χ4v) is 3.13. The Balaban J connectivity index is 2.35. The number of nitrogens with one attached hydrogen (secondary N) is 1. The van der Waals surface area contributed by atoms with Gasteiger partial charge >= 0.3 is 0 Å². The third-order valence-corrected chi connectivity index (χ3v) is 3.70. The lowest BCUT2D eigenvalue weighted by Gasteiger charge is -2.19. The number of hydrogen-bond donors (Lipinski definition) is 1. The summed E-state index contributed by atoms with van der Waals surface area (Å²) in [7, 11) is 0. The van der Waals surface area contributed by atoms with E-state index in [0.717, 1.165) is 29.6 Å². The molecule has 17 heavy (non-hydrogen) atoms. The highest BCUT2D eigenvalue weighted by molar-refractivity contribution is 9.10. The smallest absolute Gasteiger partial charge is 0.127 e. The average Bonchev–Trinajstić information content (AvgIpc) is 2.59. The molecule has 1 aromatic rings. The maximum atomic E-state index is 6.11. The van der Waals surface area contributed by atoms with Gasteiger partial charge in [0, 0.05) is 10.0 Å². The highest BCUT2D eigenvalue weighted by atomic mass is 79.9. The number of rotatable bonds is 4. The molecule has 2 rings (SSSR count). The highest BCUT2D eigenvalue weighted by Gasteiger charge is 2.34. The van der Waals surface area contributed by atoms with Crippen LogP contribution in [0.5, 0.6) is 5.75 Å². The Bertz CT molecular complexity index is 405. The molecule has 0 aliphatic carbocycles. The summed E-state index contributed by atoms with van der Waals surface area (Å²) in [6.07, 6.45) is 2.53. The maximum Gasteiger partial charge on any atom is 0.127 e. The summed E-state index contributed by atoms with van der Waals surface area (Å²) in [5.74, 6) is 1.08. The summed E-state index contributed by atoms with van der Waals surface area (Å²) >= 11 is 3.57. The van der Waals surface area contributed by atoms with Crippen LogP contribution in [0.25, 0.3) is 0 Å². The Kier molecular flexibility index (Phi) is 4.10. The van der Waals surface area contributed by atoms with Crippen molar-refractivity contribution in [2.24, 2.45) is 0 Å². The van der Waals surface area contributed by atoms with Gasteiger partial charge in [0.1, 0.15) is 11.9 Å². The van der Waals surface area contributed by atoms with Crippen molar-refractivity contribution in [3.63, 3.8) is 0 Å². The van der Waals surface area contributed by atoms with Crippen LogP contribution < -0.4 is 10.1 Å². The minimum absolute atomic E-state index is 0.281. The van der Waals surface area contributed by atoms with E-state index in [4.69, 9.17) is 4.74 Å². The van der Waals surface area contributed by atoms with Gasteiger partial charge in [-0.2, -0.15) is 0 Å². The summed E-state index contributed by atoms with van der Waals surface area (Å²) in [4.78, 5) is 0. The van der Waals surface area contributed by atoms with Gasteiger partial charge in [-0.1, -0.05) is 36.2 Å². The molecule has 2 nitrogen and oxygen atoms in total. The Labute approximate surface area is 112 Å². The minimum atomic E-state index is 0.281. The predicted octanol–water partition coefficient (Wildman–Crippen LogP) is 3.97. The van der Waals surface area contributed by atoms with Gasteiger partial charge in [-0.3, -0.25) is 0 Å². The average molecular weight is 298 g/mol. The Morgan fingerprint density at radius 1 is 1.35 bits per heavy atom. The lowest BCUT2D eigenvalue weighted by Crippen LogP contribution is -2.30. The zero-order valence-electron chi connectivity index (χ0n) is 10.7. The quantitative estimate of drug-likeness (QED) is 0.908. The molecule has 0 amide bonds. The fourth-order valence-electron chi connectivity index (χ4n) is 2.54. The molecule has 1 N–H and O–H groups in total. The van der Waals surface area contributed by atoms with E-state index >= 15 is 0 Å². The van der Waals surface area contributed by atoms with Crippen LogP contribution in [-0.2, 0) is 0 Å². The van der Waals surface area contributed by atoms with Gasteiger partial charge in [-0.05, 0) is 37.6 Å². The van der Waals surface area contributed by atoms with Crippen molar-refractivity contribution in [3.8, 4) is 5.75 Å². The van der Waals surface area contributed by atoms with Crippen LogP contribution in [0.15, 0.2) is 16.6 Å². The van der Waals surface area contributed by atoms with Crippen LogP contribution in [0.4, 0.5) is 0 Å². The molecule has 0 fully saturated rings. The fraction of sp³-hybridized carbons (Fsp3) is 0.571. The van der Waals surface area contributed by atoms with E-state index in [2.05, 4.69) is 54.2 Å². The summed E-state index contributed by atoms with van der Waals surface area (Å²) in [6, 6.07) is 4.65. The zero-order chi connectivity index (χ0) is 12.4. The number of aryl methyl sites for hydroxylation is 1. The number of likely N-dealkylation sites (N-methyl/N-ethyl adjacent to an activating group) is 1. The first-order valence-electron chi connectivity index (χ1n) is 6.37. The zero-order valence-corrected chi connectivity index (χ0v) is 12.3. The lowest BCUT2D eigenvalue weighted by atomic mass is 9.99. The first kappa shape index (κ1) is 12.9. The second-order valence-electron chi connectivity index (χ2n) is 4.62. The SMILES string of the molecule is CCCC1Oc2c(C)cc(Br)cc2C1NCC. The molecule has 2 unspecified atom stereocenters. The summed E-state index contributed by atoms with van der Waals surface area (Å²) in [5, 5.41) is 3.54. The first-order valence-corrected chi connectivity index (χ1v) is 7.16. The molecule has 0 spiro atoms. The van der Waals surface area contributed by atoms with Crippen LogP contribution in [-0.4, -0.2) is 12.6 Å². The summed E-state index contributed by atoms with van der Waals surface area (Å²) in [5.41, 5.74) is 2.52. The molecule has 1 aliphatic rings. The van der Waals surface area contributed by atoms with E-state index in [1.807, 2.05) is 0 Å². The van der Waals surface area contributed by atoms with E-state index in [1.165, 1.54) is 11.1 Å². The van der Waals surface area contributed by atoms with E-state index in [-0.39, 0.29) is 6.10 Å². The number of hydrogen-bond acceptors (Lipinski definition) is 2. The number of ether oxygens (including phenoxy) is 1. The second-order valence-corrected chi connectivity index (χ2v) is 5.54. The molecule has 0 aromatic heterocycles. The predicted molar refractivity (Wildman–Crippen MR) is 74.6 cm³/mol. The second kappa shape index (κ2) is 5.40. The minimum Gasteiger partial charge on any atom is -0.488 e. The molecule has 0 saturated heterocycles. The van der Waals surface area contributed by atoms with Gasteiger partial charge < -0.3 is 10.1 Å². The van der Waals surface area contributed by atoms with Gasteiger partial charge in [0.15, 0.2) is 0 Å². The van der Waals surface area contributed by atoms with Crippen LogP contribution >= 0.6 is 15.9 Å². The first-order chi connectivity index (χ1) is 8.17. The van der Waals surface area contributed by atoms with Crippen molar-refractivity contribution in [1.29, 1.82) is 0 Å². The molecular formula is C14H20BrNO. The third-order valence-electron chi connectivity index (χ3n) is 3.24. The maximum absolute atomic E-state index is 6.11. The highest BCUT2D eigenvalue weighted by Crippen LogP contribution is 2.42. The Hall–Kier alpha value is -0.540. The molecule has 2 atom stereocenters. The molecule has 0 radical (unpaired) electrons. The molecule has 0 saturated carbocycles. The van der Waals surface area contributed by atoms with Crippen LogP contribution in [0, 0.1) is 6.92 Å². The van der Waals surface area contributed by atoms with E-state index in [0.29, 0.717) is 6.04 Å². The van der Waals surface area contributed by atoms with E-state index < -0.39 is 0 Å². The molecule has 1 heterocycles. The summed E-state index contributed by atoms with van der Waals surface area (Å²) in [6.45, 7) is 7.43. The van der Waals surface area contributed by atoms with Gasteiger partial charge in [0.25, 0.3) is 0 Å². The van der Waals surface area contributed by atoms with Gasteiger partial charge in [-0.15, -0.1) is 0 Å². The Morgan fingerprint density at radius 3 is 2.76 bits per heavy atom. The molecule has 1 aromatic carbocycles. The monoisotopic (exact) mass is 297 g/mol. The van der Waals surface area contributed by atoms with E-state index in [9.17, 15) is 0 Å². The van der Waals surface area contributed by atoms with E-state index in [1.54, 1.807) is 0 Å². The number of fused-ring (bicyclic) bond motifs is 1. The Morgan fingerprint density at radius 2 is 2.12 bits per heavy atom. The van der Waals surface area contributed by atoms with Crippen LogP contribution in [0.1, 0.15) is 43.9 Å². The van der Waals surface area contributed by atoms with Crippen LogP contribution in [0.3, 0.4) is 0 Å². The largest absolute Gasteiger partial charge is 0.488 e. The van der Waals surface area contributed by atoms with Gasteiger partial charge in [0.2, 0.25) is 0 Å². The standard InChI is InChI=1S/C14H20BrNO/c1-4-6-12-13(16-5-2)11-8-10(15)7-9(3)14(11)17-12/h7-8,12-13,16H,4-6H2,1-3H3. The van der Waals surface area contributed by atoms with Gasteiger partial charge in [0.05, 0.1) is 6.04 Å². The van der Waals surface area contributed by atoms with Gasteiger partial charge in [-0.25, -0.2) is 0 Å². The molecular weight excluding hydrogens is 278 g/mol. The lowest BCUT2D eigenvalue weighted by molar-refractivity contribution is 0.178. The van der Waals surface area contributed by atoms with Crippen molar-refractivity contribution in [2.45, 2.75) is 45.8 Å². The molecule has 1 aliphatic heterocycles. The summed E-state index contributed by atoms with van der Waals surface area (Å²) < 4.78 is 7.25. The normalized spacial score (nSPS) is 22.4. The molecule has 3 heteroatoms. The van der Waals surface area contributed by atoms with Crippen LogP contribution in [0.2, 0.25) is 0 Å². The van der Waals surface area contributed by atoms with Crippen molar-refractivity contribution in [1.82, 2.24) is 5.32 Å².